The van der Waals surface area contributed by atoms with Gasteiger partial charge in [0.1, 0.15) is 10.6 Å². The topological polar surface area (TPSA) is 90.7 Å². The molecule has 0 aliphatic carbocycles. The van der Waals surface area contributed by atoms with Crippen molar-refractivity contribution in [3.05, 3.63) is 23.8 Å². The number of sulfonamides is 1. The van der Waals surface area contributed by atoms with E-state index in [0.29, 0.717) is 5.56 Å². The van der Waals surface area contributed by atoms with Crippen molar-refractivity contribution in [1.82, 2.24) is 4.72 Å². The van der Waals surface area contributed by atoms with Crippen LogP contribution in [0.2, 0.25) is 0 Å². The second-order valence-corrected chi connectivity index (χ2v) is 6.03. The molecular formula is C14H20N2O4S. The normalized spacial score (nSPS) is 12.4. The van der Waals surface area contributed by atoms with Gasteiger partial charge in [0.05, 0.1) is 20.3 Å². The zero-order valence-corrected chi connectivity index (χ0v) is 13.2. The predicted molar refractivity (Wildman–Crippen MR) is 80.6 cm³/mol. The molecule has 0 amide bonds. The van der Waals surface area contributed by atoms with Crippen molar-refractivity contribution < 1.29 is 17.9 Å². The van der Waals surface area contributed by atoms with E-state index in [1.54, 1.807) is 19.1 Å². The highest BCUT2D eigenvalue weighted by atomic mass is 32.2. The lowest BCUT2D eigenvalue weighted by atomic mass is 10.2. The van der Waals surface area contributed by atoms with Crippen LogP contribution in [-0.2, 0) is 14.8 Å². The second kappa shape index (κ2) is 8.00. The van der Waals surface area contributed by atoms with Gasteiger partial charge in [0.25, 0.3) is 0 Å². The molecule has 6 nitrogen and oxygen atoms in total. The number of methoxy groups -OCH3 is 2. The predicted octanol–water partition coefficient (Wildman–Crippen LogP) is 0.319. The molecule has 3 N–H and O–H groups in total. The summed E-state index contributed by atoms with van der Waals surface area (Å²) in [6, 6.07) is 4.35. The molecule has 0 spiro atoms. The fraction of sp³-hybridized carbons (Fsp3) is 0.429. The molecule has 0 aliphatic rings. The minimum Gasteiger partial charge on any atom is -0.495 e. The van der Waals surface area contributed by atoms with Crippen molar-refractivity contribution in [3.8, 4) is 17.6 Å². The van der Waals surface area contributed by atoms with Crippen LogP contribution < -0.4 is 15.2 Å². The summed E-state index contributed by atoms with van der Waals surface area (Å²) in [7, 11) is -0.803. The van der Waals surface area contributed by atoms with E-state index in [1.807, 2.05) is 0 Å². The maximum atomic E-state index is 12.4. The molecule has 1 aromatic carbocycles. The lowest BCUT2D eigenvalue weighted by molar-refractivity contribution is 0.180. The third-order valence-electron chi connectivity index (χ3n) is 2.56. The lowest BCUT2D eigenvalue weighted by Crippen LogP contribution is -2.35. The number of hydrogen-bond donors (Lipinski definition) is 2. The SMILES string of the molecule is COCC(C)NS(=O)(=O)c1cc(C#CCN)ccc1OC. The Hall–Kier alpha value is -1.59. The van der Waals surface area contributed by atoms with Crippen LogP contribution in [-0.4, -0.2) is 41.8 Å². The number of rotatable bonds is 6. The fourth-order valence-corrected chi connectivity index (χ4v) is 3.15. The Bertz CT molecular complexity index is 632. The van der Waals surface area contributed by atoms with Crippen molar-refractivity contribution in [2.75, 3.05) is 27.4 Å². The van der Waals surface area contributed by atoms with Gasteiger partial charge in [-0.25, -0.2) is 13.1 Å². The summed E-state index contributed by atoms with van der Waals surface area (Å²) in [5, 5.41) is 0. The molecule has 1 unspecified atom stereocenters. The van der Waals surface area contributed by atoms with Gasteiger partial charge in [0, 0.05) is 18.7 Å². The quantitative estimate of drug-likeness (QED) is 0.738. The monoisotopic (exact) mass is 312 g/mol. The van der Waals surface area contributed by atoms with E-state index in [2.05, 4.69) is 16.6 Å². The van der Waals surface area contributed by atoms with Crippen LogP contribution in [0.25, 0.3) is 0 Å². The van der Waals surface area contributed by atoms with Crippen LogP contribution in [0.15, 0.2) is 23.1 Å². The van der Waals surface area contributed by atoms with Gasteiger partial charge in [0.2, 0.25) is 10.0 Å². The summed E-state index contributed by atoms with van der Waals surface area (Å²) in [5.74, 6) is 5.74. The molecule has 0 aromatic heterocycles. The summed E-state index contributed by atoms with van der Waals surface area (Å²) < 4.78 is 37.4. The molecule has 0 fully saturated rings. The zero-order chi connectivity index (χ0) is 15.9. The number of ether oxygens (including phenoxy) is 2. The summed E-state index contributed by atoms with van der Waals surface area (Å²) in [6.45, 7) is 2.19. The van der Waals surface area contributed by atoms with Crippen molar-refractivity contribution in [2.24, 2.45) is 5.73 Å². The van der Waals surface area contributed by atoms with Gasteiger partial charge in [-0.3, -0.25) is 0 Å². The highest BCUT2D eigenvalue weighted by molar-refractivity contribution is 7.89. The Labute approximate surface area is 125 Å². The van der Waals surface area contributed by atoms with E-state index in [9.17, 15) is 8.42 Å². The molecule has 0 aliphatic heterocycles. The summed E-state index contributed by atoms with van der Waals surface area (Å²) in [4.78, 5) is 0.0387. The summed E-state index contributed by atoms with van der Waals surface area (Å²) in [5.41, 5.74) is 5.87. The van der Waals surface area contributed by atoms with E-state index < -0.39 is 10.0 Å². The number of hydrogen-bond acceptors (Lipinski definition) is 5. The highest BCUT2D eigenvalue weighted by Crippen LogP contribution is 2.24. The van der Waals surface area contributed by atoms with Gasteiger partial charge in [-0.1, -0.05) is 11.8 Å². The van der Waals surface area contributed by atoms with E-state index in [1.165, 1.54) is 20.3 Å². The van der Waals surface area contributed by atoms with Crippen molar-refractivity contribution in [2.45, 2.75) is 17.9 Å². The minimum atomic E-state index is -3.73. The van der Waals surface area contributed by atoms with Crippen molar-refractivity contribution >= 4 is 10.0 Å². The van der Waals surface area contributed by atoms with Gasteiger partial charge in [-0.15, -0.1) is 0 Å². The number of benzene rings is 1. The van der Waals surface area contributed by atoms with Gasteiger partial charge >= 0.3 is 0 Å². The first-order valence-corrected chi connectivity index (χ1v) is 7.81. The standard InChI is InChI=1S/C14H20N2O4S/c1-11(10-19-2)16-21(17,18)14-9-12(5-4-8-15)6-7-13(14)20-3/h6-7,9,11,16H,8,10,15H2,1-3H3. The van der Waals surface area contributed by atoms with Crippen molar-refractivity contribution in [3.63, 3.8) is 0 Å². The molecule has 0 saturated carbocycles. The van der Waals surface area contributed by atoms with E-state index >= 15 is 0 Å². The first kappa shape index (κ1) is 17.5. The van der Waals surface area contributed by atoms with Crippen LogP contribution in [0, 0.1) is 11.8 Å². The molecule has 0 heterocycles. The first-order valence-electron chi connectivity index (χ1n) is 6.32. The third-order valence-corrected chi connectivity index (χ3v) is 4.17. The highest BCUT2D eigenvalue weighted by Gasteiger charge is 2.22. The van der Waals surface area contributed by atoms with E-state index in [-0.39, 0.29) is 29.8 Å². The maximum absolute atomic E-state index is 12.4. The molecule has 0 bridgehead atoms. The molecule has 21 heavy (non-hydrogen) atoms. The smallest absolute Gasteiger partial charge is 0.244 e. The third kappa shape index (κ3) is 5.02. The summed E-state index contributed by atoms with van der Waals surface area (Å²) in [6.07, 6.45) is 0. The average molecular weight is 312 g/mol. The van der Waals surface area contributed by atoms with Gasteiger partial charge in [-0.05, 0) is 25.1 Å². The van der Waals surface area contributed by atoms with Crippen LogP contribution >= 0.6 is 0 Å². The molecule has 1 rings (SSSR count). The molecule has 7 heteroatoms. The maximum Gasteiger partial charge on any atom is 0.244 e. The molecular weight excluding hydrogens is 292 g/mol. The van der Waals surface area contributed by atoms with E-state index in [4.69, 9.17) is 15.2 Å². The number of nitrogens with one attached hydrogen (secondary N) is 1. The largest absolute Gasteiger partial charge is 0.495 e. The zero-order valence-electron chi connectivity index (χ0n) is 12.3. The van der Waals surface area contributed by atoms with Crippen LogP contribution in [0.4, 0.5) is 0 Å². The van der Waals surface area contributed by atoms with Crippen LogP contribution in [0.1, 0.15) is 12.5 Å². The van der Waals surface area contributed by atoms with E-state index in [0.717, 1.165) is 0 Å². The van der Waals surface area contributed by atoms with Crippen LogP contribution in [0.3, 0.4) is 0 Å². The fourth-order valence-electron chi connectivity index (χ4n) is 1.73. The number of nitrogens with two attached hydrogens (primary N) is 1. The summed E-state index contributed by atoms with van der Waals surface area (Å²) >= 11 is 0. The average Bonchev–Trinajstić information content (AvgIpc) is 2.44. The molecule has 0 saturated heterocycles. The van der Waals surface area contributed by atoms with Crippen LogP contribution in [0.5, 0.6) is 5.75 Å². The molecule has 1 aromatic rings. The molecule has 0 radical (unpaired) electrons. The second-order valence-electron chi connectivity index (χ2n) is 4.35. The Morgan fingerprint density at radius 1 is 1.38 bits per heavy atom. The molecule has 116 valence electrons. The Kier molecular flexibility index (Phi) is 6.65. The Morgan fingerprint density at radius 2 is 2.10 bits per heavy atom. The molecule has 1 atom stereocenters. The van der Waals surface area contributed by atoms with Gasteiger partial charge < -0.3 is 15.2 Å². The van der Waals surface area contributed by atoms with Gasteiger partial charge in [-0.2, -0.15) is 0 Å². The van der Waals surface area contributed by atoms with Crippen molar-refractivity contribution in [1.29, 1.82) is 0 Å². The Balaban J connectivity index is 3.19. The van der Waals surface area contributed by atoms with Gasteiger partial charge in [0.15, 0.2) is 0 Å². The first-order chi connectivity index (χ1) is 9.94. The lowest BCUT2D eigenvalue weighted by Gasteiger charge is -2.15. The minimum absolute atomic E-state index is 0.0387. The Morgan fingerprint density at radius 3 is 2.67 bits per heavy atom.